The van der Waals surface area contributed by atoms with Crippen LogP contribution in [0.3, 0.4) is 0 Å². The highest BCUT2D eigenvalue weighted by Gasteiger charge is 2.44. The fourth-order valence-corrected chi connectivity index (χ4v) is 1.37. The molecule has 144 valence electrons. The molecule has 0 unspecified atom stereocenters. The Morgan fingerprint density at radius 2 is 1.44 bits per heavy atom. The van der Waals surface area contributed by atoms with Crippen LogP contribution < -0.4 is 4.48 Å². The summed E-state index contributed by atoms with van der Waals surface area (Å²) >= 11 is 0. The molecule has 0 heterocycles. The van der Waals surface area contributed by atoms with E-state index in [4.69, 9.17) is 18.1 Å². The number of carbonyl (C=O) groups is 1. The first-order chi connectivity index (χ1) is 10.8. The third-order valence-corrected chi connectivity index (χ3v) is 3.19. The fraction of sp³-hybridized carbons (Fsp3) is 0.417. The maximum absolute atomic E-state index is 12.6. The number of halogens is 6. The van der Waals surface area contributed by atoms with E-state index in [0.717, 1.165) is 12.1 Å². The predicted molar refractivity (Wildman–Crippen MR) is 75.6 cm³/mol. The second-order valence-corrected chi connectivity index (χ2v) is 6.88. The van der Waals surface area contributed by atoms with Crippen LogP contribution in [0.5, 0.6) is 0 Å². The van der Waals surface area contributed by atoms with Crippen molar-refractivity contribution in [3.8, 4) is 0 Å². The Kier molecular flexibility index (Phi) is 6.64. The highest BCUT2D eigenvalue weighted by Crippen LogP contribution is 2.34. The normalized spacial score (nSPS) is 13.0. The number of rotatable bonds is 2. The van der Waals surface area contributed by atoms with Crippen molar-refractivity contribution in [3.63, 3.8) is 0 Å². The summed E-state index contributed by atoms with van der Waals surface area (Å²) < 4.78 is 95.5. The molecular formula is C12H14F6NO5S+. The monoisotopic (exact) mass is 398 g/mol. The maximum atomic E-state index is 12.6. The Morgan fingerprint density at radius 3 is 1.68 bits per heavy atom. The molecule has 13 heteroatoms. The van der Waals surface area contributed by atoms with E-state index in [0.29, 0.717) is 5.69 Å². The number of carboxylic acids is 1. The number of aromatic carboxylic acids is 1. The molecule has 0 saturated heterocycles. The third-order valence-electron chi connectivity index (χ3n) is 2.61. The fourth-order valence-electron chi connectivity index (χ4n) is 1.37. The zero-order valence-corrected chi connectivity index (χ0v) is 13.8. The summed E-state index contributed by atoms with van der Waals surface area (Å²) in [6, 6.07) is 3.16. The Morgan fingerprint density at radius 1 is 1.04 bits per heavy atom. The van der Waals surface area contributed by atoms with E-state index in [2.05, 4.69) is 0 Å². The molecule has 0 amide bonds. The molecule has 1 aromatic carbocycles. The Balaban J connectivity index is 0.000000609. The van der Waals surface area contributed by atoms with Gasteiger partial charge in [-0.25, -0.2) is 4.79 Å². The minimum absolute atomic E-state index is 0.248. The SMILES string of the molecule is C[N+](C)(C)c1ccc(C(F)(F)F)c(C(=O)O)c1.O=S(=O)(O)C(F)(F)F. The molecule has 0 spiro atoms. The summed E-state index contributed by atoms with van der Waals surface area (Å²) in [7, 11) is -0.607. The van der Waals surface area contributed by atoms with Crippen molar-refractivity contribution >= 4 is 21.8 Å². The van der Waals surface area contributed by atoms with Crippen LogP contribution in [0.1, 0.15) is 15.9 Å². The van der Waals surface area contributed by atoms with Crippen molar-refractivity contribution < 1.29 is 49.2 Å². The van der Waals surface area contributed by atoms with E-state index >= 15 is 0 Å². The summed E-state index contributed by atoms with van der Waals surface area (Å²) in [4.78, 5) is 10.8. The molecule has 0 fully saturated rings. The van der Waals surface area contributed by atoms with Gasteiger partial charge in [-0.05, 0) is 12.1 Å². The zero-order chi connectivity index (χ0) is 20.4. The van der Waals surface area contributed by atoms with E-state index in [1.165, 1.54) is 6.07 Å². The number of hydrogen-bond donors (Lipinski definition) is 2. The van der Waals surface area contributed by atoms with Crippen LogP contribution in [-0.2, 0) is 16.3 Å². The topological polar surface area (TPSA) is 91.7 Å². The molecule has 0 aromatic heterocycles. The van der Waals surface area contributed by atoms with Gasteiger partial charge in [-0.15, -0.1) is 0 Å². The number of carboxylic acid groups (broad SMARTS) is 1. The van der Waals surface area contributed by atoms with Crippen LogP contribution in [-0.4, -0.2) is 50.7 Å². The molecule has 0 aliphatic rings. The first kappa shape index (κ1) is 23.1. The molecule has 6 nitrogen and oxygen atoms in total. The van der Waals surface area contributed by atoms with Crippen LogP contribution in [0.25, 0.3) is 0 Å². The first-order valence-corrected chi connectivity index (χ1v) is 7.53. The summed E-state index contributed by atoms with van der Waals surface area (Å²) in [6.45, 7) is 0. The van der Waals surface area contributed by atoms with Gasteiger partial charge in [-0.3, -0.25) is 9.04 Å². The van der Waals surface area contributed by atoms with E-state index in [1.807, 2.05) is 0 Å². The van der Waals surface area contributed by atoms with Crippen LogP contribution in [0.4, 0.5) is 32.0 Å². The largest absolute Gasteiger partial charge is 0.522 e. The average Bonchev–Trinajstić information content (AvgIpc) is 2.34. The molecule has 0 atom stereocenters. The Hall–Kier alpha value is -1.86. The van der Waals surface area contributed by atoms with Crippen molar-refractivity contribution in [2.45, 2.75) is 11.7 Å². The molecule has 2 N–H and O–H groups in total. The third kappa shape index (κ3) is 6.88. The van der Waals surface area contributed by atoms with Crippen molar-refractivity contribution in [1.82, 2.24) is 4.48 Å². The van der Waals surface area contributed by atoms with Crippen LogP contribution in [0.15, 0.2) is 18.2 Å². The van der Waals surface area contributed by atoms with Crippen molar-refractivity contribution in [1.29, 1.82) is 0 Å². The molecule has 0 aliphatic carbocycles. The van der Waals surface area contributed by atoms with E-state index < -0.39 is 38.9 Å². The van der Waals surface area contributed by atoms with E-state index in [1.54, 1.807) is 21.1 Å². The lowest BCUT2D eigenvalue weighted by Gasteiger charge is -2.24. The van der Waals surface area contributed by atoms with Gasteiger partial charge in [0.25, 0.3) is 0 Å². The standard InChI is InChI=1S/C11H12F3NO2.CHF3O3S/c1-15(2,3)7-4-5-9(11(12,13)14)8(6-7)10(16)17;2-1(3,4)8(5,6)7/h4-6H,1-3H3;(H,5,6,7)/p+1. The van der Waals surface area contributed by atoms with Crippen LogP contribution in [0, 0.1) is 0 Å². The molecule has 25 heavy (non-hydrogen) atoms. The van der Waals surface area contributed by atoms with Gasteiger partial charge < -0.3 is 5.11 Å². The van der Waals surface area contributed by atoms with E-state index in [-0.39, 0.29) is 4.48 Å². The predicted octanol–water partition coefficient (Wildman–Crippen LogP) is 2.99. The number of hydrogen-bond acceptors (Lipinski definition) is 3. The highest BCUT2D eigenvalue weighted by molar-refractivity contribution is 7.86. The second-order valence-electron chi connectivity index (χ2n) is 5.47. The summed E-state index contributed by atoms with van der Waals surface area (Å²) in [6.07, 6.45) is -4.66. The Bertz CT molecular complexity index is 734. The van der Waals surface area contributed by atoms with Gasteiger partial charge in [-0.1, -0.05) is 0 Å². The van der Waals surface area contributed by atoms with Crippen molar-refractivity contribution in [2.75, 3.05) is 21.1 Å². The first-order valence-electron chi connectivity index (χ1n) is 6.08. The maximum Gasteiger partial charge on any atom is 0.522 e. The molecule has 1 aromatic rings. The van der Waals surface area contributed by atoms with Crippen molar-refractivity contribution in [3.05, 3.63) is 29.3 Å². The lowest BCUT2D eigenvalue weighted by atomic mass is 10.1. The number of quaternary nitrogens is 1. The molecule has 0 aliphatic heterocycles. The van der Waals surface area contributed by atoms with Gasteiger partial charge in [0.1, 0.15) is 5.69 Å². The van der Waals surface area contributed by atoms with Gasteiger partial charge in [0, 0.05) is 6.07 Å². The lowest BCUT2D eigenvalue weighted by Crippen LogP contribution is -2.35. The molecule has 0 radical (unpaired) electrons. The van der Waals surface area contributed by atoms with Gasteiger partial charge in [-0.2, -0.15) is 34.8 Å². The quantitative estimate of drug-likeness (QED) is 0.346. The molecular weight excluding hydrogens is 384 g/mol. The second kappa shape index (κ2) is 7.17. The van der Waals surface area contributed by atoms with Crippen LogP contribution in [0.2, 0.25) is 0 Å². The molecule has 0 saturated carbocycles. The van der Waals surface area contributed by atoms with Crippen molar-refractivity contribution in [2.24, 2.45) is 0 Å². The van der Waals surface area contributed by atoms with Gasteiger partial charge in [0.15, 0.2) is 0 Å². The number of benzene rings is 1. The minimum Gasteiger partial charge on any atom is -0.478 e. The van der Waals surface area contributed by atoms with Gasteiger partial charge in [0.2, 0.25) is 0 Å². The van der Waals surface area contributed by atoms with Gasteiger partial charge >= 0.3 is 27.8 Å². The summed E-state index contributed by atoms with van der Waals surface area (Å²) in [5.41, 5.74) is -6.88. The number of alkyl halides is 6. The minimum atomic E-state index is -5.84. The Labute approximate surface area is 138 Å². The number of nitrogens with zero attached hydrogens (tertiary/aromatic N) is 1. The highest BCUT2D eigenvalue weighted by atomic mass is 32.2. The van der Waals surface area contributed by atoms with Crippen LogP contribution >= 0.6 is 0 Å². The van der Waals surface area contributed by atoms with Gasteiger partial charge in [0.05, 0.1) is 32.3 Å². The van der Waals surface area contributed by atoms with E-state index in [9.17, 15) is 31.1 Å². The summed E-state index contributed by atoms with van der Waals surface area (Å²) in [5, 5.41) is 8.81. The molecule has 1 rings (SSSR count). The average molecular weight is 398 g/mol. The smallest absolute Gasteiger partial charge is 0.478 e. The summed E-state index contributed by atoms with van der Waals surface area (Å²) in [5.74, 6) is -1.58. The lowest BCUT2D eigenvalue weighted by molar-refractivity contribution is -0.138. The molecule has 0 bridgehead atoms. The zero-order valence-electron chi connectivity index (χ0n) is 13.0.